The van der Waals surface area contributed by atoms with Crippen molar-refractivity contribution in [3.63, 3.8) is 0 Å². The van der Waals surface area contributed by atoms with Crippen LogP contribution >= 0.6 is 0 Å². The Morgan fingerprint density at radius 1 is 0.339 bits per heavy atom. The van der Waals surface area contributed by atoms with E-state index in [0.717, 1.165) is 50.4 Å². The van der Waals surface area contributed by atoms with Crippen LogP contribution in [-0.4, -0.2) is 19.1 Å². The topological polar surface area (TPSA) is 35.6 Å². The third-order valence-corrected chi connectivity index (χ3v) is 11.5. The van der Waals surface area contributed by atoms with Crippen molar-refractivity contribution in [2.24, 2.45) is 0 Å². The Morgan fingerprint density at radius 3 is 1.79 bits per heavy atom. The van der Waals surface area contributed by atoms with E-state index in [-0.39, 0.29) is 0 Å². The minimum absolute atomic E-state index is 0.802. The molecule has 0 fully saturated rings. The van der Waals surface area contributed by atoms with Crippen LogP contribution in [0.5, 0.6) is 0 Å². The van der Waals surface area contributed by atoms with Gasteiger partial charge in [0.1, 0.15) is 5.69 Å². The fourth-order valence-electron chi connectivity index (χ4n) is 8.92. The number of nitrogens with zero attached hydrogens (tertiary/aromatic N) is 4. The van der Waals surface area contributed by atoms with Gasteiger partial charge in [-0.3, -0.25) is 4.57 Å². The molecular formula is C52H32N4. The standard InChI is InChI=1S/C52H32N4/c1-2-13-33(14-3-1)34-25-27-36(28-26-34)50-52(54-44-21-10-9-20-43(44)53-50)56-47-24-12-23-46(49(47)42-31-37-16-4-5-17-38(37)32-48(42)56)55-45-22-11-8-19-40(45)41-30-29-35-15-6-7-18-39(35)51(41)55/h1-32H. The van der Waals surface area contributed by atoms with E-state index in [0.29, 0.717) is 0 Å². The number of hydrogen-bond donors (Lipinski definition) is 0. The molecule has 260 valence electrons. The molecule has 0 unspecified atom stereocenters. The van der Waals surface area contributed by atoms with Crippen molar-refractivity contribution in [1.29, 1.82) is 0 Å². The molecule has 3 heterocycles. The summed E-state index contributed by atoms with van der Waals surface area (Å²) in [6, 6.07) is 69.6. The fourth-order valence-corrected chi connectivity index (χ4v) is 8.92. The van der Waals surface area contributed by atoms with E-state index in [1.54, 1.807) is 0 Å². The van der Waals surface area contributed by atoms with Crippen LogP contribution in [-0.2, 0) is 0 Å². The molecule has 56 heavy (non-hydrogen) atoms. The first kappa shape index (κ1) is 30.9. The third kappa shape index (κ3) is 4.53. The molecule has 0 atom stereocenters. The average molecular weight is 713 g/mol. The summed E-state index contributed by atoms with van der Waals surface area (Å²) in [6.07, 6.45) is 0. The van der Waals surface area contributed by atoms with Gasteiger partial charge in [-0.15, -0.1) is 0 Å². The van der Waals surface area contributed by atoms with E-state index in [2.05, 4.69) is 191 Å². The second-order valence-corrected chi connectivity index (χ2v) is 14.6. The van der Waals surface area contributed by atoms with Gasteiger partial charge in [-0.05, 0) is 69.8 Å². The molecule has 0 saturated carbocycles. The summed E-state index contributed by atoms with van der Waals surface area (Å²) in [7, 11) is 0. The highest BCUT2D eigenvalue weighted by Crippen LogP contribution is 2.43. The van der Waals surface area contributed by atoms with E-state index in [4.69, 9.17) is 9.97 Å². The Balaban J connectivity index is 1.22. The number of fused-ring (bicyclic) bond motifs is 10. The first-order chi connectivity index (χ1) is 27.8. The Labute approximate surface area is 322 Å². The molecule has 0 aliphatic rings. The summed E-state index contributed by atoms with van der Waals surface area (Å²) in [4.78, 5) is 10.9. The maximum Gasteiger partial charge on any atom is 0.165 e. The maximum atomic E-state index is 5.48. The van der Waals surface area contributed by atoms with E-state index in [1.807, 2.05) is 12.1 Å². The van der Waals surface area contributed by atoms with Crippen LogP contribution < -0.4 is 0 Å². The molecule has 3 aromatic heterocycles. The van der Waals surface area contributed by atoms with Gasteiger partial charge in [-0.2, -0.15) is 0 Å². The number of hydrogen-bond acceptors (Lipinski definition) is 2. The largest absolute Gasteiger partial charge is 0.308 e. The van der Waals surface area contributed by atoms with Crippen LogP contribution in [0.4, 0.5) is 0 Å². The summed E-state index contributed by atoms with van der Waals surface area (Å²) in [5.41, 5.74) is 11.6. The van der Waals surface area contributed by atoms with Crippen molar-refractivity contribution in [2.45, 2.75) is 0 Å². The van der Waals surface area contributed by atoms with Gasteiger partial charge in [0.2, 0.25) is 0 Å². The SMILES string of the molecule is c1ccc(-c2ccc(-c3nc4ccccc4nc3-n3c4cc5ccccc5cc4c4c(-n5c6ccccc6c6ccc7ccccc7c65)cccc43)cc2)cc1. The highest BCUT2D eigenvalue weighted by molar-refractivity contribution is 6.22. The van der Waals surface area contributed by atoms with Crippen LogP contribution in [0.15, 0.2) is 194 Å². The molecule has 0 bridgehead atoms. The molecule has 12 rings (SSSR count). The summed E-state index contributed by atoms with van der Waals surface area (Å²) >= 11 is 0. The molecule has 0 saturated heterocycles. The third-order valence-electron chi connectivity index (χ3n) is 11.5. The van der Waals surface area contributed by atoms with E-state index < -0.39 is 0 Å². The molecule has 0 N–H and O–H groups in total. The number of aromatic nitrogens is 4. The lowest BCUT2D eigenvalue weighted by molar-refractivity contribution is 1.08. The average Bonchev–Trinajstić information content (AvgIpc) is 3.78. The lowest BCUT2D eigenvalue weighted by atomic mass is 10.0. The monoisotopic (exact) mass is 712 g/mol. The van der Waals surface area contributed by atoms with Crippen LogP contribution in [0.25, 0.3) is 110 Å². The summed E-state index contributed by atoms with van der Waals surface area (Å²) in [6.45, 7) is 0. The quantitative estimate of drug-likeness (QED) is 0.182. The van der Waals surface area contributed by atoms with Crippen LogP contribution in [0, 0.1) is 0 Å². The minimum atomic E-state index is 0.802. The molecule has 0 spiro atoms. The van der Waals surface area contributed by atoms with E-state index in [1.165, 1.54) is 59.7 Å². The van der Waals surface area contributed by atoms with Crippen molar-refractivity contribution >= 4 is 76.2 Å². The van der Waals surface area contributed by atoms with Gasteiger partial charge < -0.3 is 4.57 Å². The van der Waals surface area contributed by atoms with Gasteiger partial charge in [0.25, 0.3) is 0 Å². The number of benzene rings is 9. The Bertz CT molecular complexity index is 3520. The highest BCUT2D eigenvalue weighted by Gasteiger charge is 2.24. The minimum Gasteiger partial charge on any atom is -0.308 e. The van der Waals surface area contributed by atoms with E-state index >= 15 is 0 Å². The zero-order valence-corrected chi connectivity index (χ0v) is 30.3. The van der Waals surface area contributed by atoms with Gasteiger partial charge in [0.15, 0.2) is 5.82 Å². The predicted molar refractivity (Wildman–Crippen MR) is 234 cm³/mol. The second-order valence-electron chi connectivity index (χ2n) is 14.6. The van der Waals surface area contributed by atoms with Gasteiger partial charge in [0.05, 0.1) is 38.8 Å². The normalized spacial score (nSPS) is 11.9. The summed E-state index contributed by atoms with van der Waals surface area (Å²) in [5, 5.41) is 9.64. The molecule has 4 nitrogen and oxygen atoms in total. The number of para-hydroxylation sites is 3. The van der Waals surface area contributed by atoms with E-state index in [9.17, 15) is 0 Å². The van der Waals surface area contributed by atoms with Crippen molar-refractivity contribution in [1.82, 2.24) is 19.1 Å². The summed E-state index contributed by atoms with van der Waals surface area (Å²) < 4.78 is 4.84. The molecule has 12 aromatic rings. The molecule has 0 aliphatic carbocycles. The molecule has 4 heteroatoms. The van der Waals surface area contributed by atoms with Crippen LogP contribution in [0.3, 0.4) is 0 Å². The summed E-state index contributed by atoms with van der Waals surface area (Å²) in [5.74, 6) is 0.802. The molecular weight excluding hydrogens is 681 g/mol. The Morgan fingerprint density at radius 2 is 0.964 bits per heavy atom. The maximum absolute atomic E-state index is 5.48. The predicted octanol–water partition coefficient (Wildman–Crippen LogP) is 13.5. The van der Waals surface area contributed by atoms with Gasteiger partial charge in [-0.1, -0.05) is 152 Å². The zero-order chi connectivity index (χ0) is 36.7. The molecule has 0 radical (unpaired) electrons. The van der Waals surface area contributed by atoms with Crippen molar-refractivity contribution < 1.29 is 0 Å². The molecule has 9 aromatic carbocycles. The molecule has 0 amide bonds. The van der Waals surface area contributed by atoms with Gasteiger partial charge in [0, 0.05) is 32.5 Å². The zero-order valence-electron chi connectivity index (χ0n) is 30.3. The van der Waals surface area contributed by atoms with Crippen LogP contribution in [0.2, 0.25) is 0 Å². The van der Waals surface area contributed by atoms with Gasteiger partial charge in [-0.25, -0.2) is 9.97 Å². The first-order valence-electron chi connectivity index (χ1n) is 19.1. The number of rotatable bonds is 4. The van der Waals surface area contributed by atoms with Gasteiger partial charge >= 0.3 is 0 Å². The lowest BCUT2D eigenvalue weighted by Crippen LogP contribution is -2.04. The second kappa shape index (κ2) is 12.0. The van der Waals surface area contributed by atoms with Crippen molar-refractivity contribution in [3.8, 4) is 33.9 Å². The highest BCUT2D eigenvalue weighted by atomic mass is 15.1. The van der Waals surface area contributed by atoms with Crippen molar-refractivity contribution in [2.75, 3.05) is 0 Å². The van der Waals surface area contributed by atoms with Crippen molar-refractivity contribution in [3.05, 3.63) is 194 Å². The smallest absolute Gasteiger partial charge is 0.165 e. The molecule has 0 aliphatic heterocycles. The lowest BCUT2D eigenvalue weighted by Gasteiger charge is -2.15. The Kier molecular flexibility index (Phi) is 6.60. The Hall–Kier alpha value is -7.56. The van der Waals surface area contributed by atoms with Crippen LogP contribution in [0.1, 0.15) is 0 Å². The fraction of sp³-hybridized carbons (Fsp3) is 0. The first-order valence-corrected chi connectivity index (χ1v) is 19.1.